The molecule has 0 aliphatic carbocycles. The zero-order valence-corrected chi connectivity index (χ0v) is 24.2. The summed E-state index contributed by atoms with van der Waals surface area (Å²) in [6, 6.07) is 3.90. The second-order valence-electron chi connectivity index (χ2n) is 11.2. The number of alkyl halides is 6. The van der Waals surface area contributed by atoms with Crippen LogP contribution in [-0.2, 0) is 28.3 Å². The molecule has 0 spiro atoms. The van der Waals surface area contributed by atoms with Gasteiger partial charge in [-0.25, -0.2) is 14.0 Å². The minimum atomic E-state index is -5.00. The van der Waals surface area contributed by atoms with Gasteiger partial charge in [-0.2, -0.15) is 26.3 Å². The van der Waals surface area contributed by atoms with Gasteiger partial charge in [-0.15, -0.1) is 0 Å². The van der Waals surface area contributed by atoms with Crippen LogP contribution in [0.4, 0.5) is 40.3 Å². The molecule has 2 N–H and O–H groups in total. The molecule has 2 aromatic carbocycles. The van der Waals surface area contributed by atoms with Gasteiger partial charge in [0.05, 0.1) is 23.1 Å². The van der Waals surface area contributed by atoms with Crippen LogP contribution in [-0.4, -0.2) is 65.3 Å². The van der Waals surface area contributed by atoms with Gasteiger partial charge in [-0.05, 0) is 73.2 Å². The standard InChI is InChI=1S/C30H32F7N3O5/c1-17-12-22(31)2-3-24(17)25-16-23(45-28(44)39-9-5-19(6-10-39)26(41)42)7-11-40(25)27(43)38-8-4-18-13-20(29(32,33)34)15-21(14-18)30(35,36)37/h2-3,12-15,19,23,25H,4-11,16H2,1H3,(H,38,43)(H,41,42)/t23-,25+/m0/s1. The van der Waals surface area contributed by atoms with E-state index in [1.807, 2.05) is 0 Å². The summed E-state index contributed by atoms with van der Waals surface area (Å²) in [5.41, 5.74) is -2.07. The molecule has 45 heavy (non-hydrogen) atoms. The molecule has 0 saturated carbocycles. The van der Waals surface area contributed by atoms with E-state index < -0.39 is 65.5 Å². The summed E-state index contributed by atoms with van der Waals surface area (Å²) < 4.78 is 99.0. The lowest BCUT2D eigenvalue weighted by Gasteiger charge is -2.40. The van der Waals surface area contributed by atoms with E-state index in [1.165, 1.54) is 28.0 Å². The minimum absolute atomic E-state index is 0.0344. The normalized spacial score (nSPS) is 19.7. The van der Waals surface area contributed by atoms with Crippen LogP contribution in [0.3, 0.4) is 0 Å². The first-order valence-electron chi connectivity index (χ1n) is 14.3. The van der Waals surface area contributed by atoms with E-state index in [-0.39, 0.29) is 57.1 Å². The first-order valence-corrected chi connectivity index (χ1v) is 14.3. The maximum Gasteiger partial charge on any atom is 0.416 e. The molecule has 2 atom stereocenters. The van der Waals surface area contributed by atoms with Crippen LogP contribution in [0.1, 0.15) is 59.5 Å². The number of nitrogens with zero attached hydrogens (tertiary/aromatic N) is 2. The molecule has 8 nitrogen and oxygen atoms in total. The van der Waals surface area contributed by atoms with Gasteiger partial charge in [0.2, 0.25) is 0 Å². The molecular formula is C30H32F7N3O5. The fourth-order valence-electron chi connectivity index (χ4n) is 5.70. The van der Waals surface area contributed by atoms with Crippen molar-refractivity contribution in [1.82, 2.24) is 15.1 Å². The molecule has 2 aromatic rings. The first-order chi connectivity index (χ1) is 21.0. The van der Waals surface area contributed by atoms with E-state index in [1.54, 1.807) is 6.92 Å². The van der Waals surface area contributed by atoms with Crippen molar-refractivity contribution >= 4 is 18.1 Å². The Kier molecular flexibility index (Phi) is 10.2. The highest BCUT2D eigenvalue weighted by atomic mass is 19.4. The smallest absolute Gasteiger partial charge is 0.416 e. The zero-order chi connectivity index (χ0) is 33.1. The van der Waals surface area contributed by atoms with Gasteiger partial charge in [0.25, 0.3) is 0 Å². The Morgan fingerprint density at radius 2 is 1.56 bits per heavy atom. The number of benzene rings is 2. The first kappa shape index (κ1) is 33.8. The minimum Gasteiger partial charge on any atom is -0.481 e. The van der Waals surface area contributed by atoms with Gasteiger partial charge in [0.1, 0.15) is 11.9 Å². The number of ether oxygens (including phenoxy) is 1. The number of hydrogen-bond acceptors (Lipinski definition) is 4. The monoisotopic (exact) mass is 647 g/mol. The van der Waals surface area contributed by atoms with Crippen molar-refractivity contribution in [3.05, 3.63) is 70.0 Å². The van der Waals surface area contributed by atoms with E-state index in [0.29, 0.717) is 36.1 Å². The molecule has 2 heterocycles. The molecule has 15 heteroatoms. The number of urea groups is 1. The Bertz CT molecular complexity index is 1380. The van der Waals surface area contributed by atoms with Crippen LogP contribution in [0.15, 0.2) is 36.4 Å². The molecule has 2 aliphatic heterocycles. The Morgan fingerprint density at radius 1 is 0.933 bits per heavy atom. The Balaban J connectivity index is 1.44. The summed E-state index contributed by atoms with van der Waals surface area (Å²) in [6.45, 7) is 1.88. The quantitative estimate of drug-likeness (QED) is 0.346. The van der Waals surface area contributed by atoms with E-state index in [0.717, 1.165) is 0 Å². The van der Waals surface area contributed by atoms with Crippen molar-refractivity contribution in [2.45, 2.75) is 63.5 Å². The SMILES string of the molecule is Cc1cc(F)ccc1[C@H]1C[C@@H](OC(=O)N2CCC(C(=O)O)CC2)CCN1C(=O)NCCc1cc(C(F)(F)F)cc(C(F)(F)F)c1. The predicted molar refractivity (Wildman–Crippen MR) is 146 cm³/mol. The summed E-state index contributed by atoms with van der Waals surface area (Å²) in [6.07, 6.45) is -10.6. The Morgan fingerprint density at radius 3 is 2.11 bits per heavy atom. The van der Waals surface area contributed by atoms with Gasteiger partial charge < -0.3 is 25.0 Å². The number of likely N-dealkylation sites (tertiary alicyclic amines) is 2. The van der Waals surface area contributed by atoms with Crippen molar-refractivity contribution in [2.75, 3.05) is 26.2 Å². The molecule has 0 aromatic heterocycles. The summed E-state index contributed by atoms with van der Waals surface area (Å²) in [4.78, 5) is 40.2. The third-order valence-electron chi connectivity index (χ3n) is 8.11. The summed E-state index contributed by atoms with van der Waals surface area (Å²) in [5, 5.41) is 11.7. The topological polar surface area (TPSA) is 99.2 Å². The lowest BCUT2D eigenvalue weighted by atomic mass is 9.90. The maximum atomic E-state index is 13.9. The van der Waals surface area contributed by atoms with Gasteiger partial charge in [0, 0.05) is 39.0 Å². The van der Waals surface area contributed by atoms with Crippen LogP contribution in [0, 0.1) is 18.7 Å². The third-order valence-corrected chi connectivity index (χ3v) is 8.11. The average molecular weight is 648 g/mol. The van der Waals surface area contributed by atoms with Crippen molar-refractivity contribution < 1.29 is 55.0 Å². The largest absolute Gasteiger partial charge is 0.481 e. The summed E-state index contributed by atoms with van der Waals surface area (Å²) in [5.74, 6) is -1.97. The van der Waals surface area contributed by atoms with E-state index >= 15 is 0 Å². The highest BCUT2D eigenvalue weighted by molar-refractivity contribution is 5.75. The van der Waals surface area contributed by atoms with Crippen molar-refractivity contribution in [3.8, 4) is 0 Å². The van der Waals surface area contributed by atoms with Crippen molar-refractivity contribution in [3.63, 3.8) is 0 Å². The molecule has 4 rings (SSSR count). The maximum absolute atomic E-state index is 13.9. The molecule has 2 aliphatic rings. The number of carbonyl (C=O) groups is 3. The third kappa shape index (κ3) is 8.57. The Hall–Kier alpha value is -4.04. The van der Waals surface area contributed by atoms with Crippen LogP contribution in [0.5, 0.6) is 0 Å². The van der Waals surface area contributed by atoms with Crippen molar-refractivity contribution in [2.24, 2.45) is 5.92 Å². The molecule has 246 valence electrons. The molecule has 0 bridgehead atoms. The van der Waals surface area contributed by atoms with Gasteiger partial charge in [-0.1, -0.05) is 6.07 Å². The summed E-state index contributed by atoms with van der Waals surface area (Å²) >= 11 is 0. The number of carboxylic acids is 1. The molecule has 0 radical (unpaired) electrons. The molecule has 2 saturated heterocycles. The van der Waals surface area contributed by atoms with E-state index in [4.69, 9.17) is 4.74 Å². The number of hydrogen-bond donors (Lipinski definition) is 2. The number of nitrogens with one attached hydrogen (secondary N) is 1. The van der Waals surface area contributed by atoms with Gasteiger partial charge in [0.15, 0.2) is 0 Å². The second kappa shape index (κ2) is 13.5. The van der Waals surface area contributed by atoms with Gasteiger partial charge in [-0.3, -0.25) is 4.79 Å². The molecular weight excluding hydrogens is 615 g/mol. The van der Waals surface area contributed by atoms with Crippen LogP contribution in [0.2, 0.25) is 0 Å². The fourth-order valence-corrected chi connectivity index (χ4v) is 5.70. The molecule has 2 fully saturated rings. The number of rotatable bonds is 6. The van der Waals surface area contributed by atoms with E-state index in [9.17, 15) is 50.2 Å². The Labute approximate surface area is 254 Å². The van der Waals surface area contributed by atoms with Crippen LogP contribution < -0.4 is 5.32 Å². The number of carbonyl (C=O) groups excluding carboxylic acids is 2. The van der Waals surface area contributed by atoms with Gasteiger partial charge >= 0.3 is 30.4 Å². The lowest BCUT2D eigenvalue weighted by Crippen LogP contribution is -2.49. The van der Waals surface area contributed by atoms with E-state index in [2.05, 4.69) is 5.32 Å². The lowest BCUT2D eigenvalue weighted by molar-refractivity contribution is -0.144. The number of aryl methyl sites for hydroxylation is 1. The highest BCUT2D eigenvalue weighted by Crippen LogP contribution is 2.37. The molecule has 3 amide bonds. The predicted octanol–water partition coefficient (Wildman–Crippen LogP) is 6.56. The summed E-state index contributed by atoms with van der Waals surface area (Å²) in [7, 11) is 0. The number of carboxylic acid groups (broad SMARTS) is 1. The highest BCUT2D eigenvalue weighted by Gasteiger charge is 2.38. The number of aliphatic carboxylic acids is 1. The fraction of sp³-hybridized carbons (Fsp3) is 0.500. The number of amides is 3. The van der Waals surface area contributed by atoms with Crippen LogP contribution in [0.25, 0.3) is 0 Å². The van der Waals surface area contributed by atoms with Crippen LogP contribution >= 0.6 is 0 Å². The number of halogens is 7. The second-order valence-corrected chi connectivity index (χ2v) is 11.2. The average Bonchev–Trinajstić information content (AvgIpc) is 2.96. The van der Waals surface area contributed by atoms with Crippen molar-refractivity contribution in [1.29, 1.82) is 0 Å². The zero-order valence-electron chi connectivity index (χ0n) is 24.2. The molecule has 0 unspecified atom stereocenters. The number of piperidine rings is 2.